The summed E-state index contributed by atoms with van der Waals surface area (Å²) >= 11 is 1.59. The van der Waals surface area contributed by atoms with Crippen LogP contribution in [0.1, 0.15) is 5.56 Å². The summed E-state index contributed by atoms with van der Waals surface area (Å²) in [5.41, 5.74) is 2.20. The fourth-order valence-electron chi connectivity index (χ4n) is 1.32. The van der Waals surface area contributed by atoms with Crippen molar-refractivity contribution in [1.82, 2.24) is 0 Å². The van der Waals surface area contributed by atoms with Crippen LogP contribution in [0.4, 0.5) is 5.69 Å². The highest BCUT2D eigenvalue weighted by atomic mass is 32.2. The Labute approximate surface area is 105 Å². The van der Waals surface area contributed by atoms with Gasteiger partial charge in [0.05, 0.1) is 6.21 Å². The molecule has 5 heteroatoms. The van der Waals surface area contributed by atoms with Crippen molar-refractivity contribution < 1.29 is 0 Å². The average Bonchev–Trinajstić information content (AvgIpc) is 2.83. The third-order valence-corrected chi connectivity index (χ3v) is 3.01. The molecule has 4 nitrogen and oxygen atoms in total. The Kier molecular flexibility index (Phi) is 3.93. The molecule has 88 valence electrons. The minimum absolute atomic E-state index is 0.728. The van der Waals surface area contributed by atoms with Crippen LogP contribution in [-0.4, -0.2) is 37.4 Å². The molecule has 1 aliphatic heterocycles. The van der Waals surface area contributed by atoms with Gasteiger partial charge in [-0.15, -0.1) is 5.10 Å². The Morgan fingerprint density at radius 3 is 2.65 bits per heavy atom. The van der Waals surface area contributed by atoms with E-state index in [-0.39, 0.29) is 0 Å². The normalized spacial score (nSPS) is 17.2. The summed E-state index contributed by atoms with van der Waals surface area (Å²) in [6, 6.07) is 8.14. The van der Waals surface area contributed by atoms with E-state index in [0.717, 1.165) is 16.5 Å². The predicted octanol–water partition coefficient (Wildman–Crippen LogP) is 2.26. The van der Waals surface area contributed by atoms with Crippen molar-refractivity contribution in [2.75, 3.05) is 24.7 Å². The molecule has 0 amide bonds. The molecule has 0 N–H and O–H groups in total. The quantitative estimate of drug-likeness (QED) is 0.606. The molecule has 0 aliphatic carbocycles. The minimum atomic E-state index is 0.728. The van der Waals surface area contributed by atoms with Gasteiger partial charge in [-0.2, -0.15) is 5.10 Å². The van der Waals surface area contributed by atoms with Gasteiger partial charge in [-0.25, -0.2) is 4.99 Å². The standard InChI is InChI=1S/C12H14N4S/c1-16(2)11-5-3-10(4-6-11)9-14-15-12-13-7-8-17-12/h3-7,9H,8H2,1-2H3. The molecule has 0 unspecified atom stereocenters. The Balaban J connectivity index is 2.01. The Morgan fingerprint density at radius 2 is 2.06 bits per heavy atom. The topological polar surface area (TPSA) is 40.3 Å². The van der Waals surface area contributed by atoms with Crippen molar-refractivity contribution in [3.63, 3.8) is 0 Å². The Bertz CT molecular complexity index is 460. The van der Waals surface area contributed by atoms with Crippen molar-refractivity contribution in [1.29, 1.82) is 0 Å². The van der Waals surface area contributed by atoms with E-state index in [9.17, 15) is 0 Å². The number of aliphatic imine (C=N–C) groups is 1. The molecule has 0 radical (unpaired) electrons. The van der Waals surface area contributed by atoms with Crippen molar-refractivity contribution in [2.24, 2.45) is 15.2 Å². The molecule has 2 rings (SSSR count). The molecule has 0 fully saturated rings. The van der Waals surface area contributed by atoms with Crippen LogP contribution in [0, 0.1) is 0 Å². The largest absolute Gasteiger partial charge is 0.378 e. The van der Waals surface area contributed by atoms with E-state index in [2.05, 4.69) is 32.2 Å². The maximum absolute atomic E-state index is 4.07. The van der Waals surface area contributed by atoms with Crippen molar-refractivity contribution in [3.8, 4) is 0 Å². The average molecular weight is 246 g/mol. The van der Waals surface area contributed by atoms with E-state index < -0.39 is 0 Å². The molecule has 0 atom stereocenters. The number of nitrogens with zero attached hydrogens (tertiary/aromatic N) is 4. The number of anilines is 1. The van der Waals surface area contributed by atoms with Crippen LogP contribution in [0.25, 0.3) is 0 Å². The van der Waals surface area contributed by atoms with Crippen molar-refractivity contribution in [3.05, 3.63) is 29.8 Å². The van der Waals surface area contributed by atoms with Gasteiger partial charge < -0.3 is 4.90 Å². The Morgan fingerprint density at radius 1 is 1.29 bits per heavy atom. The second kappa shape index (κ2) is 5.63. The molecule has 0 saturated carbocycles. The van der Waals surface area contributed by atoms with Crippen LogP contribution in [-0.2, 0) is 0 Å². The lowest BCUT2D eigenvalue weighted by Gasteiger charge is -2.11. The zero-order chi connectivity index (χ0) is 12.1. The fraction of sp³-hybridized carbons (Fsp3) is 0.250. The molecule has 1 heterocycles. The number of thioether (sulfide) groups is 1. The van der Waals surface area contributed by atoms with Crippen LogP contribution < -0.4 is 4.90 Å². The molecule has 1 aliphatic rings. The SMILES string of the molecule is CN(C)c1ccc(C=NN=C2N=CCS2)cc1. The van der Waals surface area contributed by atoms with Crippen LogP contribution in [0.5, 0.6) is 0 Å². The first-order valence-corrected chi connectivity index (χ1v) is 6.28. The minimum Gasteiger partial charge on any atom is -0.378 e. The van der Waals surface area contributed by atoms with Gasteiger partial charge in [0.25, 0.3) is 0 Å². The summed E-state index contributed by atoms with van der Waals surface area (Å²) < 4.78 is 0. The number of benzene rings is 1. The second-order valence-corrected chi connectivity index (χ2v) is 4.72. The van der Waals surface area contributed by atoms with Crippen molar-refractivity contribution >= 4 is 35.0 Å². The fourth-order valence-corrected chi connectivity index (χ4v) is 1.87. The molecule has 17 heavy (non-hydrogen) atoms. The number of hydrogen-bond donors (Lipinski definition) is 0. The van der Waals surface area contributed by atoms with Gasteiger partial charge >= 0.3 is 0 Å². The van der Waals surface area contributed by atoms with Crippen molar-refractivity contribution in [2.45, 2.75) is 0 Å². The van der Waals surface area contributed by atoms with E-state index in [1.807, 2.05) is 32.4 Å². The van der Waals surface area contributed by atoms with E-state index in [1.165, 1.54) is 5.69 Å². The Hall–Kier alpha value is -1.62. The summed E-state index contributed by atoms with van der Waals surface area (Å²) in [6.07, 6.45) is 3.58. The lowest BCUT2D eigenvalue weighted by Crippen LogP contribution is -2.08. The highest BCUT2D eigenvalue weighted by Crippen LogP contribution is 2.12. The number of hydrogen-bond acceptors (Lipinski definition) is 4. The summed E-state index contributed by atoms with van der Waals surface area (Å²) in [5, 5.41) is 8.76. The van der Waals surface area contributed by atoms with Crippen LogP contribution in [0.3, 0.4) is 0 Å². The summed E-state index contributed by atoms with van der Waals surface area (Å²) in [7, 11) is 4.04. The van der Waals surface area contributed by atoms with Gasteiger partial charge in [0.15, 0.2) is 0 Å². The van der Waals surface area contributed by atoms with E-state index in [0.29, 0.717) is 0 Å². The number of amidine groups is 1. The molecular formula is C12H14N4S. The van der Waals surface area contributed by atoms with Gasteiger partial charge in [0, 0.05) is 31.8 Å². The van der Waals surface area contributed by atoms with Gasteiger partial charge in [-0.3, -0.25) is 0 Å². The van der Waals surface area contributed by atoms with Gasteiger partial charge in [0.2, 0.25) is 5.17 Å². The molecule has 0 spiro atoms. The zero-order valence-corrected chi connectivity index (χ0v) is 10.7. The van der Waals surface area contributed by atoms with Crippen LogP contribution >= 0.6 is 11.8 Å². The van der Waals surface area contributed by atoms with E-state index in [4.69, 9.17) is 0 Å². The monoisotopic (exact) mass is 246 g/mol. The summed E-state index contributed by atoms with van der Waals surface area (Å²) in [4.78, 5) is 6.13. The first-order valence-electron chi connectivity index (χ1n) is 5.29. The molecular weight excluding hydrogens is 232 g/mol. The first kappa shape index (κ1) is 11.9. The smallest absolute Gasteiger partial charge is 0.209 e. The van der Waals surface area contributed by atoms with E-state index >= 15 is 0 Å². The molecule has 1 aromatic rings. The lowest BCUT2D eigenvalue weighted by molar-refractivity contribution is 1.13. The first-order chi connectivity index (χ1) is 8.25. The summed E-state index contributed by atoms with van der Waals surface area (Å²) in [5.74, 6) is 0.895. The predicted molar refractivity (Wildman–Crippen MR) is 76.7 cm³/mol. The van der Waals surface area contributed by atoms with Gasteiger partial charge in [-0.05, 0) is 17.7 Å². The maximum atomic E-state index is 4.07. The zero-order valence-electron chi connectivity index (χ0n) is 9.87. The lowest BCUT2D eigenvalue weighted by atomic mass is 10.2. The molecule has 0 saturated heterocycles. The third-order valence-electron chi connectivity index (χ3n) is 2.25. The van der Waals surface area contributed by atoms with Crippen LogP contribution in [0.15, 0.2) is 39.5 Å². The highest BCUT2D eigenvalue weighted by molar-refractivity contribution is 8.14. The molecule has 0 aromatic heterocycles. The van der Waals surface area contributed by atoms with E-state index in [1.54, 1.807) is 18.0 Å². The second-order valence-electron chi connectivity index (χ2n) is 3.74. The third kappa shape index (κ3) is 3.42. The molecule has 1 aromatic carbocycles. The maximum Gasteiger partial charge on any atom is 0.209 e. The molecule has 0 bridgehead atoms. The highest BCUT2D eigenvalue weighted by Gasteiger charge is 2.01. The summed E-state index contributed by atoms with van der Waals surface area (Å²) in [6.45, 7) is 0. The number of rotatable bonds is 3. The van der Waals surface area contributed by atoms with Gasteiger partial charge in [-0.1, -0.05) is 23.9 Å². The van der Waals surface area contributed by atoms with Crippen LogP contribution in [0.2, 0.25) is 0 Å². The van der Waals surface area contributed by atoms with Gasteiger partial charge in [0.1, 0.15) is 0 Å².